The zero-order valence-corrected chi connectivity index (χ0v) is 20.4. The number of piperidine rings is 1. The van der Waals surface area contributed by atoms with E-state index in [0.717, 1.165) is 12.8 Å². The summed E-state index contributed by atoms with van der Waals surface area (Å²) >= 11 is 3.29. The number of hydrogen-bond acceptors (Lipinski definition) is 7. The Hall–Kier alpha value is -2.15. The predicted molar refractivity (Wildman–Crippen MR) is 122 cm³/mol. The number of amides is 1. The van der Waals surface area contributed by atoms with Crippen molar-refractivity contribution in [2.45, 2.75) is 43.7 Å². The number of aryl methyl sites for hydroxylation is 1. The smallest absolute Gasteiger partial charge is 0.245 e. The fraction of sp³-hybridized carbons (Fsp3) is 0.500. The molecule has 1 aliphatic rings. The molecule has 1 aliphatic heterocycles. The molecule has 0 spiro atoms. The summed E-state index contributed by atoms with van der Waals surface area (Å²) in [6.07, 6.45) is 5.06. The first-order chi connectivity index (χ1) is 15.2. The SMILES string of the molecule is COc1ccc(Br)cc1S(=O)(=O)NC(CCn1ccnc1NO)C(=O)N1CCC(C)CC1. The lowest BCUT2D eigenvalue weighted by atomic mass is 9.98. The highest BCUT2D eigenvalue weighted by Gasteiger charge is 2.32. The second-order valence-corrected chi connectivity index (χ2v) is 10.4. The summed E-state index contributed by atoms with van der Waals surface area (Å²) in [5, 5.41) is 9.19. The molecule has 2 heterocycles. The second kappa shape index (κ2) is 10.6. The average Bonchev–Trinajstić information content (AvgIpc) is 3.24. The summed E-state index contributed by atoms with van der Waals surface area (Å²) in [4.78, 5) is 18.9. The first-order valence-electron chi connectivity index (χ1n) is 10.3. The van der Waals surface area contributed by atoms with Gasteiger partial charge in [0.25, 0.3) is 0 Å². The molecule has 0 bridgehead atoms. The third-order valence-corrected chi connectivity index (χ3v) is 7.57. The molecule has 1 fully saturated rings. The van der Waals surface area contributed by atoms with Crippen molar-refractivity contribution in [2.75, 3.05) is 25.7 Å². The molecular weight excluding hydrogens is 502 g/mol. The number of benzene rings is 1. The molecule has 176 valence electrons. The predicted octanol–water partition coefficient (Wildman–Crippen LogP) is 2.45. The number of rotatable bonds is 9. The zero-order valence-electron chi connectivity index (χ0n) is 18.0. The van der Waals surface area contributed by atoms with Gasteiger partial charge in [0.2, 0.25) is 21.9 Å². The van der Waals surface area contributed by atoms with Gasteiger partial charge in [-0.15, -0.1) is 0 Å². The third-order valence-electron chi connectivity index (χ3n) is 5.58. The van der Waals surface area contributed by atoms with Crippen molar-refractivity contribution in [3.05, 3.63) is 35.1 Å². The summed E-state index contributed by atoms with van der Waals surface area (Å²) in [7, 11) is -2.68. The quantitative estimate of drug-likeness (QED) is 0.426. The van der Waals surface area contributed by atoms with Gasteiger partial charge < -0.3 is 14.2 Å². The number of ether oxygens (including phenoxy) is 1. The van der Waals surface area contributed by atoms with Crippen molar-refractivity contribution in [1.82, 2.24) is 19.2 Å². The molecule has 12 heteroatoms. The minimum Gasteiger partial charge on any atom is -0.495 e. The van der Waals surface area contributed by atoms with Crippen LogP contribution in [-0.4, -0.2) is 60.2 Å². The van der Waals surface area contributed by atoms with Gasteiger partial charge in [0, 0.05) is 36.5 Å². The molecule has 2 aromatic rings. The molecule has 1 unspecified atom stereocenters. The Bertz CT molecular complexity index is 1040. The van der Waals surface area contributed by atoms with E-state index in [9.17, 15) is 18.4 Å². The van der Waals surface area contributed by atoms with Gasteiger partial charge in [0.1, 0.15) is 16.7 Å². The largest absolute Gasteiger partial charge is 0.495 e. The summed E-state index contributed by atoms with van der Waals surface area (Å²) < 4.78 is 36.5. The Balaban J connectivity index is 1.85. The van der Waals surface area contributed by atoms with E-state index < -0.39 is 16.1 Å². The van der Waals surface area contributed by atoms with E-state index in [-0.39, 0.29) is 35.5 Å². The van der Waals surface area contributed by atoms with E-state index in [4.69, 9.17) is 4.74 Å². The Kier molecular flexibility index (Phi) is 8.15. The van der Waals surface area contributed by atoms with Crippen molar-refractivity contribution in [3.63, 3.8) is 0 Å². The standard InChI is InChI=1S/C20H28BrN5O5S/c1-14-5-9-25(10-6-14)19(27)16(7-11-26-12-8-22-20(26)23-28)24-32(29,30)18-13-15(21)3-4-17(18)31-2/h3-4,8,12-14,16,24,28H,5-7,9-11H2,1-2H3,(H,22,23). The molecule has 32 heavy (non-hydrogen) atoms. The fourth-order valence-electron chi connectivity index (χ4n) is 3.66. The van der Waals surface area contributed by atoms with Crippen molar-refractivity contribution in [2.24, 2.45) is 5.92 Å². The monoisotopic (exact) mass is 529 g/mol. The molecule has 1 aromatic carbocycles. The number of nitrogens with zero attached hydrogens (tertiary/aromatic N) is 3. The summed E-state index contributed by atoms with van der Waals surface area (Å²) in [5.74, 6) is 0.650. The maximum atomic E-state index is 13.3. The van der Waals surface area contributed by atoms with Crippen LogP contribution in [0.5, 0.6) is 5.75 Å². The lowest BCUT2D eigenvalue weighted by molar-refractivity contribution is -0.134. The van der Waals surface area contributed by atoms with Gasteiger partial charge in [-0.05, 0) is 43.4 Å². The minimum absolute atomic E-state index is 0.0558. The minimum atomic E-state index is -4.07. The highest BCUT2D eigenvalue weighted by molar-refractivity contribution is 9.10. The molecular formula is C20H28BrN5O5S. The number of likely N-dealkylation sites (tertiary alicyclic amines) is 1. The van der Waals surface area contributed by atoms with Crippen LogP contribution in [0.25, 0.3) is 0 Å². The van der Waals surface area contributed by atoms with Crippen LogP contribution in [0.3, 0.4) is 0 Å². The molecule has 3 N–H and O–H groups in total. The highest BCUT2D eigenvalue weighted by Crippen LogP contribution is 2.28. The first kappa shape index (κ1) is 24.5. The maximum absolute atomic E-state index is 13.3. The van der Waals surface area contributed by atoms with E-state index in [2.05, 4.69) is 32.6 Å². The van der Waals surface area contributed by atoms with E-state index >= 15 is 0 Å². The number of carbonyl (C=O) groups is 1. The van der Waals surface area contributed by atoms with Gasteiger partial charge in [-0.2, -0.15) is 4.72 Å². The van der Waals surface area contributed by atoms with Crippen molar-refractivity contribution < 1.29 is 23.2 Å². The molecule has 1 aromatic heterocycles. The number of carbonyl (C=O) groups excluding carboxylic acids is 1. The van der Waals surface area contributed by atoms with Crippen molar-refractivity contribution in [1.29, 1.82) is 0 Å². The second-order valence-electron chi connectivity index (χ2n) is 7.82. The Morgan fingerprint density at radius 1 is 1.38 bits per heavy atom. The molecule has 0 aliphatic carbocycles. The third kappa shape index (κ3) is 5.80. The normalized spacial score (nSPS) is 16.1. The van der Waals surface area contributed by atoms with Gasteiger partial charge in [0.15, 0.2) is 0 Å². The Morgan fingerprint density at radius 2 is 2.09 bits per heavy atom. The van der Waals surface area contributed by atoms with Crippen LogP contribution < -0.4 is 14.9 Å². The Morgan fingerprint density at radius 3 is 2.75 bits per heavy atom. The van der Waals surface area contributed by atoms with Gasteiger partial charge in [0.05, 0.1) is 7.11 Å². The molecule has 10 nitrogen and oxygen atoms in total. The van der Waals surface area contributed by atoms with Crippen molar-refractivity contribution in [3.8, 4) is 5.75 Å². The van der Waals surface area contributed by atoms with E-state index in [1.165, 1.54) is 19.4 Å². The summed E-state index contributed by atoms with van der Waals surface area (Å²) in [6, 6.07) is 3.67. The van der Waals surface area contributed by atoms with Crippen LogP contribution in [0.15, 0.2) is 40.0 Å². The van der Waals surface area contributed by atoms with Crippen LogP contribution in [0.1, 0.15) is 26.2 Å². The molecule has 0 radical (unpaired) electrons. The number of sulfonamides is 1. The Labute approximate surface area is 196 Å². The summed E-state index contributed by atoms with van der Waals surface area (Å²) in [5.41, 5.74) is 1.99. The van der Waals surface area contributed by atoms with Crippen LogP contribution in [0.4, 0.5) is 5.95 Å². The van der Waals surface area contributed by atoms with E-state index in [1.54, 1.807) is 27.8 Å². The molecule has 0 saturated carbocycles. The first-order valence-corrected chi connectivity index (χ1v) is 12.6. The molecule has 1 atom stereocenters. The van der Waals surface area contributed by atoms with Crippen molar-refractivity contribution >= 4 is 37.8 Å². The zero-order chi connectivity index (χ0) is 23.3. The van der Waals surface area contributed by atoms with E-state index in [0.29, 0.717) is 23.5 Å². The number of hydrogen-bond donors (Lipinski definition) is 3. The van der Waals surface area contributed by atoms with Gasteiger partial charge >= 0.3 is 0 Å². The molecule has 3 rings (SSSR count). The topological polar surface area (TPSA) is 126 Å². The van der Waals surface area contributed by atoms with Crippen LogP contribution in [-0.2, 0) is 21.4 Å². The number of nitrogens with one attached hydrogen (secondary N) is 2. The van der Waals surface area contributed by atoms with E-state index in [1.807, 2.05) is 5.48 Å². The van der Waals surface area contributed by atoms with Crippen LogP contribution >= 0.6 is 15.9 Å². The molecule has 1 amide bonds. The van der Waals surface area contributed by atoms with Crippen LogP contribution in [0, 0.1) is 5.92 Å². The number of aromatic nitrogens is 2. The number of methoxy groups -OCH3 is 1. The summed E-state index contributed by atoms with van der Waals surface area (Å²) in [6.45, 7) is 3.59. The fourth-order valence-corrected chi connectivity index (χ4v) is 5.60. The van der Waals surface area contributed by atoms with Gasteiger partial charge in [-0.25, -0.2) is 18.9 Å². The average molecular weight is 530 g/mol. The maximum Gasteiger partial charge on any atom is 0.245 e. The lowest BCUT2D eigenvalue weighted by Gasteiger charge is -2.33. The van der Waals surface area contributed by atoms with Crippen LogP contribution in [0.2, 0.25) is 0 Å². The molecule has 1 saturated heterocycles. The lowest BCUT2D eigenvalue weighted by Crippen LogP contribution is -2.51. The highest BCUT2D eigenvalue weighted by atomic mass is 79.9. The number of anilines is 1. The number of halogens is 1. The van der Waals surface area contributed by atoms with Gasteiger partial charge in [-0.1, -0.05) is 22.9 Å². The van der Waals surface area contributed by atoms with Gasteiger partial charge in [-0.3, -0.25) is 10.0 Å². The number of imidazole rings is 1.